The van der Waals surface area contributed by atoms with Crippen molar-refractivity contribution in [2.45, 2.75) is 102 Å². The Morgan fingerprint density at radius 1 is 0.525 bits per heavy atom. The summed E-state index contributed by atoms with van der Waals surface area (Å²) < 4.78 is 0. The highest BCUT2D eigenvalue weighted by atomic mass is 16.4. The Labute approximate surface area is 241 Å². The summed E-state index contributed by atoms with van der Waals surface area (Å²) in [6.45, 7) is 0. The zero-order valence-corrected chi connectivity index (χ0v) is 24.2. The second-order valence-corrected chi connectivity index (χ2v) is 10.5. The van der Waals surface area contributed by atoms with E-state index in [9.17, 15) is 19.8 Å². The van der Waals surface area contributed by atoms with Gasteiger partial charge in [-0.2, -0.15) is 0 Å². The van der Waals surface area contributed by atoms with Crippen LogP contribution in [0.2, 0.25) is 0 Å². The molecule has 0 unspecified atom stereocenters. The van der Waals surface area contributed by atoms with Gasteiger partial charge in [0.2, 0.25) is 0 Å². The van der Waals surface area contributed by atoms with Crippen molar-refractivity contribution in [2.24, 2.45) is 0 Å². The van der Waals surface area contributed by atoms with Crippen molar-refractivity contribution in [3.8, 4) is 0 Å². The normalized spacial score (nSPS) is 16.9. The summed E-state index contributed by atoms with van der Waals surface area (Å²) in [5.41, 5.74) is 9.91. The molecule has 2 aromatic carbocycles. The second-order valence-electron chi connectivity index (χ2n) is 10.5. The van der Waals surface area contributed by atoms with E-state index in [0.29, 0.717) is 0 Å². The predicted octanol–water partition coefficient (Wildman–Crippen LogP) is 3.58. The van der Waals surface area contributed by atoms with Crippen LogP contribution in [0.15, 0.2) is 72.8 Å². The second kappa shape index (κ2) is 23.6. The molecule has 2 aliphatic rings. The summed E-state index contributed by atoms with van der Waals surface area (Å²) in [6.07, 6.45) is 24.9. The van der Waals surface area contributed by atoms with Gasteiger partial charge in [0.15, 0.2) is 0 Å². The largest absolute Gasteiger partial charge is 0.545 e. The zero-order chi connectivity index (χ0) is 29.3. The van der Waals surface area contributed by atoms with Crippen molar-refractivity contribution >= 4 is 24.1 Å². The number of hydrogen-bond donors (Lipinski definition) is 2. The molecule has 0 heterocycles. The molecule has 0 aromatic heterocycles. The third-order valence-electron chi connectivity index (χ3n) is 6.87. The van der Waals surface area contributed by atoms with E-state index in [0.717, 1.165) is 35.4 Å². The number of benzene rings is 2. The van der Waals surface area contributed by atoms with Crippen molar-refractivity contribution in [3.05, 3.63) is 83.9 Å². The van der Waals surface area contributed by atoms with Gasteiger partial charge in [-0.1, -0.05) is 111 Å². The molecule has 6 heteroatoms. The predicted molar refractivity (Wildman–Crippen MR) is 159 cm³/mol. The quantitative estimate of drug-likeness (QED) is 0.562. The van der Waals surface area contributed by atoms with E-state index in [2.05, 4.69) is 11.5 Å². The highest BCUT2D eigenvalue weighted by Crippen LogP contribution is 2.15. The van der Waals surface area contributed by atoms with Crippen LogP contribution in [0.4, 0.5) is 0 Å². The summed E-state index contributed by atoms with van der Waals surface area (Å²) >= 11 is 0. The van der Waals surface area contributed by atoms with Gasteiger partial charge in [-0.3, -0.25) is 0 Å². The van der Waals surface area contributed by atoms with E-state index < -0.39 is 11.9 Å². The van der Waals surface area contributed by atoms with Crippen molar-refractivity contribution in [2.75, 3.05) is 0 Å². The lowest BCUT2D eigenvalue weighted by Gasteiger charge is -2.11. The topological polar surface area (TPSA) is 136 Å². The van der Waals surface area contributed by atoms with Gasteiger partial charge >= 0.3 is 0 Å². The van der Waals surface area contributed by atoms with E-state index in [1.165, 1.54) is 102 Å². The van der Waals surface area contributed by atoms with Crippen molar-refractivity contribution in [3.63, 3.8) is 0 Å². The lowest BCUT2D eigenvalue weighted by molar-refractivity contribution is -0.423. The minimum atomic E-state index is -1.17. The van der Waals surface area contributed by atoms with E-state index in [-0.39, 0.29) is 0 Å². The van der Waals surface area contributed by atoms with Gasteiger partial charge < -0.3 is 31.3 Å². The van der Waals surface area contributed by atoms with Crippen molar-refractivity contribution < 1.29 is 31.3 Å². The van der Waals surface area contributed by atoms with E-state index in [4.69, 9.17) is 0 Å². The maximum atomic E-state index is 9.97. The molecule has 0 aliphatic heterocycles. The highest BCUT2D eigenvalue weighted by Gasteiger charge is 2.08. The molecule has 2 aromatic rings. The average molecular weight is 551 g/mol. The summed E-state index contributed by atoms with van der Waals surface area (Å²) in [6, 6.07) is 19.9. The molecule has 6 N–H and O–H groups in total. The molecular weight excluding hydrogens is 500 g/mol. The number of aliphatic carboxylic acids is 2. The van der Waals surface area contributed by atoms with Crippen LogP contribution in [-0.4, -0.2) is 24.0 Å². The van der Waals surface area contributed by atoms with Crippen LogP contribution in [0.25, 0.3) is 12.2 Å². The maximum Gasteiger partial charge on any atom is 0.0843 e. The Balaban J connectivity index is 0.000000268. The standard InChI is InChI=1S/2C9H8O2.2C8H17N/c2*10-9(11)7-6-8-4-2-1-3-5-8;2*9-8-6-4-2-1-3-5-7-8/h2*1-7H,(H,10,11);2*8H,1-7,9H2/b2*7-6+;;. The molecular formula is C34H50N2O4. The van der Waals surface area contributed by atoms with Gasteiger partial charge in [-0.15, -0.1) is 0 Å². The Bertz CT molecular complexity index is 865. The molecule has 4 rings (SSSR count). The van der Waals surface area contributed by atoms with Crippen LogP contribution in [0.5, 0.6) is 0 Å². The molecule has 2 saturated carbocycles. The summed E-state index contributed by atoms with van der Waals surface area (Å²) in [5.74, 6) is -2.34. The van der Waals surface area contributed by atoms with Crippen molar-refractivity contribution in [1.82, 2.24) is 0 Å². The fourth-order valence-corrected chi connectivity index (χ4v) is 4.54. The van der Waals surface area contributed by atoms with Gasteiger partial charge in [0.25, 0.3) is 0 Å². The van der Waals surface area contributed by atoms with Crippen molar-refractivity contribution in [1.29, 1.82) is 0 Å². The monoisotopic (exact) mass is 550 g/mol. The van der Waals surface area contributed by atoms with E-state index >= 15 is 0 Å². The first-order chi connectivity index (χ1) is 19.4. The first kappa shape index (κ1) is 34.8. The summed E-state index contributed by atoms with van der Waals surface area (Å²) in [4.78, 5) is 19.9. The SMILES string of the molecule is O=C([O-])/C=C/c1ccccc1.O=C([O-])/C=C/c1ccccc1.[NH3+]C1CCCCCCC1.[NH3+]C1CCCCCCC1. The van der Waals surface area contributed by atoms with Crippen LogP contribution in [0, 0.1) is 0 Å². The minimum Gasteiger partial charge on any atom is -0.545 e. The van der Waals surface area contributed by atoms with Gasteiger partial charge in [0.05, 0.1) is 24.0 Å². The maximum absolute atomic E-state index is 9.97. The number of hydrogen-bond acceptors (Lipinski definition) is 4. The molecule has 2 aliphatic carbocycles. The molecule has 0 spiro atoms. The zero-order valence-electron chi connectivity index (χ0n) is 24.2. The van der Waals surface area contributed by atoms with Gasteiger partial charge in [0, 0.05) is 0 Å². The molecule has 0 amide bonds. The van der Waals surface area contributed by atoms with Crippen LogP contribution in [0.1, 0.15) is 101 Å². The van der Waals surface area contributed by atoms with Crippen LogP contribution >= 0.6 is 0 Å². The Hall–Kier alpha value is -3.22. The lowest BCUT2D eigenvalue weighted by Crippen LogP contribution is -2.60. The van der Waals surface area contributed by atoms with Crippen LogP contribution in [-0.2, 0) is 9.59 Å². The van der Waals surface area contributed by atoms with Crippen LogP contribution < -0.4 is 21.7 Å². The average Bonchev–Trinajstić information content (AvgIpc) is 2.93. The smallest absolute Gasteiger partial charge is 0.0843 e. The van der Waals surface area contributed by atoms with Crippen LogP contribution in [0.3, 0.4) is 0 Å². The summed E-state index contributed by atoms with van der Waals surface area (Å²) in [7, 11) is 0. The molecule has 0 radical (unpaired) electrons. The molecule has 6 nitrogen and oxygen atoms in total. The van der Waals surface area contributed by atoms with Gasteiger partial charge in [-0.05, 0) is 74.6 Å². The highest BCUT2D eigenvalue weighted by molar-refractivity contribution is 5.83. The number of quaternary nitrogens is 2. The number of carboxylic acid groups (broad SMARTS) is 2. The number of carbonyl (C=O) groups excluding carboxylic acids is 2. The first-order valence-electron chi connectivity index (χ1n) is 14.9. The number of rotatable bonds is 4. The fourth-order valence-electron chi connectivity index (χ4n) is 4.54. The lowest BCUT2D eigenvalue weighted by atomic mass is 9.98. The molecule has 220 valence electrons. The Morgan fingerprint density at radius 3 is 1.07 bits per heavy atom. The van der Waals surface area contributed by atoms with E-state index in [1.807, 2.05) is 60.7 Å². The third-order valence-corrected chi connectivity index (χ3v) is 6.87. The molecule has 40 heavy (non-hydrogen) atoms. The van der Waals surface area contributed by atoms with Gasteiger partial charge in [-0.25, -0.2) is 0 Å². The molecule has 0 atom stereocenters. The number of carboxylic acids is 2. The summed E-state index contributed by atoms with van der Waals surface area (Å²) in [5, 5.41) is 19.9. The molecule has 2 fully saturated rings. The first-order valence-corrected chi connectivity index (χ1v) is 14.9. The third kappa shape index (κ3) is 21.7. The fraction of sp³-hybridized carbons (Fsp3) is 0.471. The molecule has 0 saturated heterocycles. The van der Waals surface area contributed by atoms with E-state index in [1.54, 1.807) is 0 Å². The Morgan fingerprint density at radius 2 is 0.800 bits per heavy atom. The number of carbonyl (C=O) groups is 2. The molecule has 0 bridgehead atoms. The minimum absolute atomic E-state index is 0.769. The van der Waals surface area contributed by atoms with Gasteiger partial charge in [0.1, 0.15) is 0 Å². The Kier molecular flexibility index (Phi) is 20.6.